The van der Waals surface area contributed by atoms with Crippen molar-refractivity contribution in [3.63, 3.8) is 0 Å². The summed E-state index contributed by atoms with van der Waals surface area (Å²) < 4.78 is 10.7. The molecule has 1 heterocycles. The second kappa shape index (κ2) is 6.86. The zero-order chi connectivity index (χ0) is 17.0. The maximum atomic E-state index is 12.3. The molecule has 1 atom stereocenters. The van der Waals surface area contributed by atoms with Gasteiger partial charge in [-0.3, -0.25) is 4.90 Å². The number of esters is 1. The second-order valence-electron chi connectivity index (χ2n) is 6.67. The normalized spacial score (nSPS) is 18.0. The lowest BCUT2D eigenvalue weighted by molar-refractivity contribution is -0.150. The molecule has 0 N–H and O–H groups in total. The highest BCUT2D eigenvalue weighted by Crippen LogP contribution is 2.25. The van der Waals surface area contributed by atoms with Crippen LogP contribution in [-0.4, -0.2) is 35.2 Å². The first kappa shape index (κ1) is 17.1. The number of hydrogen-bond acceptors (Lipinski definition) is 4. The van der Waals surface area contributed by atoms with Crippen LogP contribution in [0.2, 0.25) is 0 Å². The molecule has 5 nitrogen and oxygen atoms in total. The van der Waals surface area contributed by atoms with E-state index in [0.717, 1.165) is 11.1 Å². The summed E-state index contributed by atoms with van der Waals surface area (Å²) in [7, 11) is 0. The summed E-state index contributed by atoms with van der Waals surface area (Å²) in [6.45, 7) is 9.75. The molecule has 1 aromatic carbocycles. The number of nitrogens with zero attached hydrogens (tertiary/aromatic N) is 1. The van der Waals surface area contributed by atoms with Gasteiger partial charge in [0.2, 0.25) is 0 Å². The predicted molar refractivity (Wildman–Crippen MR) is 86.7 cm³/mol. The van der Waals surface area contributed by atoms with E-state index in [2.05, 4.69) is 6.58 Å². The Morgan fingerprint density at radius 3 is 2.52 bits per heavy atom. The van der Waals surface area contributed by atoms with E-state index in [1.165, 1.54) is 4.90 Å². The first-order valence-corrected chi connectivity index (χ1v) is 7.63. The van der Waals surface area contributed by atoms with Gasteiger partial charge in [0.05, 0.1) is 0 Å². The molecule has 1 aromatic rings. The lowest BCUT2D eigenvalue weighted by atomic mass is 10.2. The Kier molecular flexibility index (Phi) is 5.08. The Bertz CT molecular complexity index is 589. The standard InChI is InChI=1S/C18H23NO4/c1-13-10-15(19(11-13)17(21)23-18(2,3)4)16(20)22-12-14-8-6-5-7-9-14/h5-9,15H,1,10-12H2,2-4H3/t15-/m0/s1. The Labute approximate surface area is 136 Å². The third-order valence-corrected chi connectivity index (χ3v) is 3.38. The van der Waals surface area contributed by atoms with Crippen LogP contribution in [-0.2, 0) is 20.9 Å². The average Bonchev–Trinajstić information content (AvgIpc) is 2.86. The lowest BCUT2D eigenvalue weighted by Crippen LogP contribution is -2.44. The van der Waals surface area contributed by atoms with Crippen LogP contribution in [0.25, 0.3) is 0 Å². The van der Waals surface area contributed by atoms with Crippen LogP contribution in [0.4, 0.5) is 4.79 Å². The first-order chi connectivity index (χ1) is 10.8. The van der Waals surface area contributed by atoms with Gasteiger partial charge in [0.25, 0.3) is 0 Å². The summed E-state index contributed by atoms with van der Waals surface area (Å²) in [6, 6.07) is 8.76. The molecule has 2 rings (SSSR count). The molecule has 0 unspecified atom stereocenters. The van der Waals surface area contributed by atoms with Gasteiger partial charge < -0.3 is 9.47 Å². The van der Waals surface area contributed by atoms with Gasteiger partial charge in [0.1, 0.15) is 18.2 Å². The zero-order valence-electron chi connectivity index (χ0n) is 13.9. The van der Waals surface area contributed by atoms with Crippen LogP contribution < -0.4 is 0 Å². The molecule has 0 radical (unpaired) electrons. The fourth-order valence-electron chi connectivity index (χ4n) is 2.35. The molecule has 0 aromatic heterocycles. The number of carbonyl (C=O) groups excluding carboxylic acids is 2. The Hall–Kier alpha value is -2.30. The van der Waals surface area contributed by atoms with E-state index in [4.69, 9.17) is 9.47 Å². The summed E-state index contributed by atoms with van der Waals surface area (Å²) in [6.07, 6.45) is -0.106. The van der Waals surface area contributed by atoms with Gasteiger partial charge in [0, 0.05) is 13.0 Å². The van der Waals surface area contributed by atoms with Crippen LogP contribution in [0.3, 0.4) is 0 Å². The highest BCUT2D eigenvalue weighted by Gasteiger charge is 2.39. The molecule has 5 heteroatoms. The molecule has 1 aliphatic heterocycles. The van der Waals surface area contributed by atoms with Crippen LogP contribution >= 0.6 is 0 Å². The molecular weight excluding hydrogens is 294 g/mol. The number of rotatable bonds is 3. The van der Waals surface area contributed by atoms with Gasteiger partial charge in [-0.2, -0.15) is 0 Å². The number of carbonyl (C=O) groups is 2. The van der Waals surface area contributed by atoms with Crippen LogP contribution in [0, 0.1) is 0 Å². The van der Waals surface area contributed by atoms with Crippen LogP contribution in [0.1, 0.15) is 32.8 Å². The number of hydrogen-bond donors (Lipinski definition) is 0. The van der Waals surface area contributed by atoms with E-state index >= 15 is 0 Å². The first-order valence-electron chi connectivity index (χ1n) is 7.63. The van der Waals surface area contributed by atoms with Crippen molar-refractivity contribution in [2.24, 2.45) is 0 Å². The van der Waals surface area contributed by atoms with Gasteiger partial charge in [-0.05, 0) is 26.3 Å². The van der Waals surface area contributed by atoms with E-state index in [1.807, 2.05) is 30.3 Å². The summed E-state index contributed by atoms with van der Waals surface area (Å²) in [5.41, 5.74) is 1.11. The topological polar surface area (TPSA) is 55.8 Å². The van der Waals surface area contributed by atoms with E-state index in [9.17, 15) is 9.59 Å². The van der Waals surface area contributed by atoms with E-state index in [-0.39, 0.29) is 6.61 Å². The number of benzene rings is 1. The fourth-order valence-corrected chi connectivity index (χ4v) is 2.35. The monoisotopic (exact) mass is 317 g/mol. The van der Waals surface area contributed by atoms with Crippen molar-refractivity contribution < 1.29 is 19.1 Å². The SMILES string of the molecule is C=C1C[C@@H](C(=O)OCc2ccccc2)N(C(=O)OC(C)(C)C)C1. The summed E-state index contributed by atoms with van der Waals surface area (Å²) in [5.74, 6) is -0.432. The molecule has 1 saturated heterocycles. The minimum Gasteiger partial charge on any atom is -0.459 e. The predicted octanol–water partition coefficient (Wildman–Crippen LogP) is 3.30. The summed E-state index contributed by atoms with van der Waals surface area (Å²) in [4.78, 5) is 26.0. The van der Waals surface area contributed by atoms with Crippen LogP contribution in [0.5, 0.6) is 0 Å². The van der Waals surface area contributed by atoms with Gasteiger partial charge in [-0.15, -0.1) is 0 Å². The number of likely N-dealkylation sites (tertiary alicyclic amines) is 1. The van der Waals surface area contributed by atoms with Crippen molar-refractivity contribution in [3.8, 4) is 0 Å². The quantitative estimate of drug-likeness (QED) is 0.634. The van der Waals surface area contributed by atoms with Crippen molar-refractivity contribution in [2.45, 2.75) is 45.4 Å². The molecule has 1 amide bonds. The molecular formula is C18H23NO4. The van der Waals surface area contributed by atoms with Crippen molar-refractivity contribution in [1.29, 1.82) is 0 Å². The molecule has 23 heavy (non-hydrogen) atoms. The molecule has 0 saturated carbocycles. The van der Waals surface area contributed by atoms with Gasteiger partial charge >= 0.3 is 12.1 Å². The highest BCUT2D eigenvalue weighted by molar-refractivity contribution is 5.83. The average molecular weight is 317 g/mol. The molecule has 0 spiro atoms. The lowest BCUT2D eigenvalue weighted by Gasteiger charge is -2.27. The van der Waals surface area contributed by atoms with E-state index in [0.29, 0.717) is 13.0 Å². The van der Waals surface area contributed by atoms with Crippen molar-refractivity contribution in [3.05, 3.63) is 48.0 Å². The summed E-state index contributed by atoms with van der Waals surface area (Å²) in [5, 5.41) is 0. The Balaban J connectivity index is 1.99. The largest absolute Gasteiger partial charge is 0.459 e. The van der Waals surface area contributed by atoms with E-state index < -0.39 is 23.7 Å². The maximum Gasteiger partial charge on any atom is 0.411 e. The molecule has 124 valence electrons. The maximum absolute atomic E-state index is 12.3. The van der Waals surface area contributed by atoms with Crippen LogP contribution in [0.15, 0.2) is 42.5 Å². The highest BCUT2D eigenvalue weighted by atomic mass is 16.6. The van der Waals surface area contributed by atoms with Crippen molar-refractivity contribution in [1.82, 2.24) is 4.90 Å². The zero-order valence-corrected chi connectivity index (χ0v) is 13.9. The third kappa shape index (κ3) is 4.84. The molecule has 1 fully saturated rings. The van der Waals surface area contributed by atoms with Crippen molar-refractivity contribution >= 4 is 12.1 Å². The third-order valence-electron chi connectivity index (χ3n) is 3.38. The molecule has 0 aliphatic carbocycles. The smallest absolute Gasteiger partial charge is 0.411 e. The minimum absolute atomic E-state index is 0.185. The van der Waals surface area contributed by atoms with Gasteiger partial charge in [0.15, 0.2) is 0 Å². The molecule has 1 aliphatic rings. The van der Waals surface area contributed by atoms with Crippen molar-refractivity contribution in [2.75, 3.05) is 6.54 Å². The van der Waals surface area contributed by atoms with Gasteiger partial charge in [-0.1, -0.05) is 42.5 Å². The second-order valence-corrected chi connectivity index (χ2v) is 6.67. The Morgan fingerprint density at radius 1 is 1.26 bits per heavy atom. The fraction of sp³-hybridized carbons (Fsp3) is 0.444. The Morgan fingerprint density at radius 2 is 1.91 bits per heavy atom. The minimum atomic E-state index is -0.666. The number of ether oxygens (including phenoxy) is 2. The molecule has 0 bridgehead atoms. The van der Waals surface area contributed by atoms with E-state index in [1.54, 1.807) is 20.8 Å². The van der Waals surface area contributed by atoms with Gasteiger partial charge in [-0.25, -0.2) is 9.59 Å². The number of amides is 1. The summed E-state index contributed by atoms with van der Waals surface area (Å²) >= 11 is 0.